The minimum absolute atomic E-state index is 0.524. The van der Waals surface area contributed by atoms with Crippen LogP contribution < -0.4 is 10.7 Å². The van der Waals surface area contributed by atoms with Crippen molar-refractivity contribution in [1.29, 1.82) is 0 Å². The predicted octanol–water partition coefficient (Wildman–Crippen LogP) is 4.72. The maximum absolute atomic E-state index is 5.40. The fraction of sp³-hybridized carbons (Fsp3) is 0.300. The van der Waals surface area contributed by atoms with Crippen LogP contribution in [0.4, 0.5) is 5.69 Å². The van der Waals surface area contributed by atoms with Crippen molar-refractivity contribution in [3.05, 3.63) is 64.7 Å². The SMILES string of the molecule is Cc1ccc(NC(=S)NN=C2CCCCc3ccccc32)c(C)c1. The lowest BCUT2D eigenvalue weighted by atomic mass is 10.0. The zero-order chi connectivity index (χ0) is 16.9. The number of thiocarbonyl (C=S) groups is 1. The molecule has 2 N–H and O–H groups in total. The Morgan fingerprint density at radius 1 is 1.04 bits per heavy atom. The molecular formula is C20H23N3S. The second kappa shape index (κ2) is 7.58. The third kappa shape index (κ3) is 4.01. The first-order valence-electron chi connectivity index (χ1n) is 8.42. The van der Waals surface area contributed by atoms with Gasteiger partial charge >= 0.3 is 0 Å². The Morgan fingerprint density at radius 3 is 2.67 bits per heavy atom. The van der Waals surface area contributed by atoms with E-state index in [9.17, 15) is 0 Å². The third-order valence-corrected chi connectivity index (χ3v) is 4.55. The van der Waals surface area contributed by atoms with Crippen LogP contribution in [0.5, 0.6) is 0 Å². The number of benzene rings is 2. The van der Waals surface area contributed by atoms with Crippen molar-refractivity contribution in [3.63, 3.8) is 0 Å². The molecule has 1 aliphatic carbocycles. The molecule has 2 aromatic carbocycles. The highest BCUT2D eigenvalue weighted by Gasteiger charge is 2.13. The molecule has 0 radical (unpaired) electrons. The van der Waals surface area contributed by atoms with Gasteiger partial charge in [0.25, 0.3) is 0 Å². The first-order chi connectivity index (χ1) is 11.6. The van der Waals surface area contributed by atoms with Gasteiger partial charge in [-0.1, -0.05) is 42.0 Å². The number of rotatable bonds is 2. The van der Waals surface area contributed by atoms with Gasteiger partial charge in [-0.25, -0.2) is 0 Å². The van der Waals surface area contributed by atoms with E-state index in [1.807, 2.05) is 6.07 Å². The average Bonchev–Trinajstić information content (AvgIpc) is 2.78. The van der Waals surface area contributed by atoms with Crippen molar-refractivity contribution in [2.45, 2.75) is 39.5 Å². The average molecular weight is 337 g/mol. The highest BCUT2D eigenvalue weighted by Crippen LogP contribution is 2.21. The van der Waals surface area contributed by atoms with E-state index in [4.69, 9.17) is 12.2 Å². The molecule has 1 aliphatic rings. The summed E-state index contributed by atoms with van der Waals surface area (Å²) >= 11 is 5.40. The van der Waals surface area contributed by atoms with E-state index in [-0.39, 0.29) is 0 Å². The molecule has 4 heteroatoms. The van der Waals surface area contributed by atoms with Crippen LogP contribution in [0.3, 0.4) is 0 Å². The third-order valence-electron chi connectivity index (χ3n) is 4.36. The van der Waals surface area contributed by atoms with Gasteiger partial charge in [-0.2, -0.15) is 5.10 Å². The summed E-state index contributed by atoms with van der Waals surface area (Å²) in [5.74, 6) is 0. The number of anilines is 1. The Bertz CT molecular complexity index is 780. The number of hydrazone groups is 1. The summed E-state index contributed by atoms with van der Waals surface area (Å²) < 4.78 is 0. The van der Waals surface area contributed by atoms with E-state index in [2.05, 4.69) is 66.1 Å². The molecule has 0 unspecified atom stereocenters. The Balaban J connectivity index is 1.72. The zero-order valence-electron chi connectivity index (χ0n) is 14.2. The van der Waals surface area contributed by atoms with E-state index < -0.39 is 0 Å². The molecule has 0 amide bonds. The monoisotopic (exact) mass is 337 g/mol. The van der Waals surface area contributed by atoms with Crippen LogP contribution in [-0.4, -0.2) is 10.8 Å². The number of hydrogen-bond acceptors (Lipinski definition) is 2. The lowest BCUT2D eigenvalue weighted by molar-refractivity contribution is 0.774. The number of hydrogen-bond donors (Lipinski definition) is 2. The summed E-state index contributed by atoms with van der Waals surface area (Å²) in [6.07, 6.45) is 4.48. The van der Waals surface area contributed by atoms with Crippen molar-refractivity contribution < 1.29 is 0 Å². The molecule has 0 aliphatic heterocycles. The van der Waals surface area contributed by atoms with Crippen LogP contribution in [0.25, 0.3) is 0 Å². The highest BCUT2D eigenvalue weighted by molar-refractivity contribution is 7.80. The van der Waals surface area contributed by atoms with Gasteiger partial charge < -0.3 is 5.32 Å². The Labute approximate surface area is 149 Å². The van der Waals surface area contributed by atoms with E-state index in [1.165, 1.54) is 28.7 Å². The largest absolute Gasteiger partial charge is 0.331 e. The molecule has 3 nitrogen and oxygen atoms in total. The zero-order valence-corrected chi connectivity index (χ0v) is 15.0. The predicted molar refractivity (Wildman–Crippen MR) is 106 cm³/mol. The van der Waals surface area contributed by atoms with Gasteiger partial charge in [0.05, 0.1) is 5.71 Å². The molecule has 0 saturated heterocycles. The summed E-state index contributed by atoms with van der Waals surface area (Å²) in [5.41, 5.74) is 10.2. The summed E-state index contributed by atoms with van der Waals surface area (Å²) in [5, 5.41) is 8.34. The fourth-order valence-electron chi connectivity index (χ4n) is 3.10. The summed E-state index contributed by atoms with van der Waals surface area (Å²) in [6, 6.07) is 14.8. The fourth-order valence-corrected chi connectivity index (χ4v) is 3.26. The summed E-state index contributed by atoms with van der Waals surface area (Å²) in [7, 11) is 0. The first-order valence-corrected chi connectivity index (χ1v) is 8.83. The molecule has 0 heterocycles. The van der Waals surface area contributed by atoms with Gasteiger partial charge in [0.15, 0.2) is 5.11 Å². The van der Waals surface area contributed by atoms with Crippen molar-refractivity contribution in [2.75, 3.05) is 5.32 Å². The van der Waals surface area contributed by atoms with Crippen LogP contribution in [0.1, 0.15) is 41.5 Å². The Kier molecular flexibility index (Phi) is 5.26. The molecule has 0 spiro atoms. The lowest BCUT2D eigenvalue weighted by Crippen LogP contribution is -2.25. The molecule has 3 rings (SSSR count). The van der Waals surface area contributed by atoms with Crippen LogP contribution >= 0.6 is 12.2 Å². The molecule has 0 atom stereocenters. The molecular weight excluding hydrogens is 314 g/mol. The van der Waals surface area contributed by atoms with E-state index in [0.717, 1.165) is 30.7 Å². The normalized spacial score (nSPS) is 15.5. The van der Waals surface area contributed by atoms with Crippen molar-refractivity contribution in [2.24, 2.45) is 5.10 Å². The molecule has 124 valence electrons. The van der Waals surface area contributed by atoms with Gasteiger partial charge in [0.2, 0.25) is 0 Å². The molecule has 0 aromatic heterocycles. The first kappa shape index (κ1) is 16.7. The van der Waals surface area contributed by atoms with Crippen LogP contribution in [0.2, 0.25) is 0 Å². The molecule has 0 saturated carbocycles. The van der Waals surface area contributed by atoms with Crippen molar-refractivity contribution in [1.82, 2.24) is 5.43 Å². The van der Waals surface area contributed by atoms with E-state index in [1.54, 1.807) is 0 Å². The number of nitrogens with one attached hydrogen (secondary N) is 2. The van der Waals surface area contributed by atoms with Gasteiger partial charge in [-0.3, -0.25) is 5.43 Å². The molecule has 0 fully saturated rings. The van der Waals surface area contributed by atoms with Crippen LogP contribution in [-0.2, 0) is 6.42 Å². The van der Waals surface area contributed by atoms with Crippen LogP contribution in [0.15, 0.2) is 47.6 Å². The minimum atomic E-state index is 0.524. The van der Waals surface area contributed by atoms with Gasteiger partial charge in [-0.15, -0.1) is 0 Å². The summed E-state index contributed by atoms with van der Waals surface area (Å²) in [6.45, 7) is 4.16. The summed E-state index contributed by atoms with van der Waals surface area (Å²) in [4.78, 5) is 0. The quantitative estimate of drug-likeness (QED) is 0.473. The van der Waals surface area contributed by atoms with Gasteiger partial charge in [-0.05, 0) is 68.9 Å². The second-order valence-corrected chi connectivity index (χ2v) is 6.72. The van der Waals surface area contributed by atoms with Gasteiger partial charge in [0.1, 0.15) is 0 Å². The highest BCUT2D eigenvalue weighted by atomic mass is 32.1. The smallest absolute Gasteiger partial charge is 0.191 e. The van der Waals surface area contributed by atoms with Gasteiger partial charge in [0, 0.05) is 11.3 Å². The lowest BCUT2D eigenvalue weighted by Gasteiger charge is -2.12. The molecule has 24 heavy (non-hydrogen) atoms. The Morgan fingerprint density at radius 2 is 1.83 bits per heavy atom. The van der Waals surface area contributed by atoms with Crippen molar-refractivity contribution >= 4 is 28.7 Å². The molecule has 0 bridgehead atoms. The van der Waals surface area contributed by atoms with Crippen LogP contribution in [0, 0.1) is 13.8 Å². The number of aryl methyl sites for hydroxylation is 3. The maximum atomic E-state index is 5.40. The maximum Gasteiger partial charge on any atom is 0.191 e. The second-order valence-electron chi connectivity index (χ2n) is 6.31. The molecule has 2 aromatic rings. The standard InChI is InChI=1S/C20H23N3S/c1-14-11-12-18(15(2)13-14)21-20(24)23-22-19-10-6-4-8-16-7-3-5-9-17(16)19/h3,5,7,9,11-13H,4,6,8,10H2,1-2H3,(H2,21,23,24). The Hall–Kier alpha value is -2.20. The number of fused-ring (bicyclic) bond motifs is 1. The number of nitrogens with zero attached hydrogens (tertiary/aromatic N) is 1. The van der Waals surface area contributed by atoms with E-state index >= 15 is 0 Å². The van der Waals surface area contributed by atoms with Crippen molar-refractivity contribution in [3.8, 4) is 0 Å². The minimum Gasteiger partial charge on any atom is -0.331 e. The van der Waals surface area contributed by atoms with E-state index in [0.29, 0.717) is 5.11 Å². The topological polar surface area (TPSA) is 36.4 Å².